The van der Waals surface area contributed by atoms with Crippen molar-refractivity contribution >= 4 is 47.8 Å². The van der Waals surface area contributed by atoms with Crippen LogP contribution in [0.5, 0.6) is 5.75 Å². The molecule has 114 valence electrons. The summed E-state index contributed by atoms with van der Waals surface area (Å²) in [5.41, 5.74) is 2.42. The Balaban J connectivity index is 2.46. The fraction of sp³-hybridized carbons (Fsp3) is 0.625. The molecule has 0 aromatic heterocycles. The van der Waals surface area contributed by atoms with Gasteiger partial charge in [0.25, 0.3) is 0 Å². The molecule has 0 aliphatic carbocycles. The predicted octanol–water partition coefficient (Wildman–Crippen LogP) is 6.98. The summed E-state index contributed by atoms with van der Waals surface area (Å²) < 4.78 is 7.14. The van der Waals surface area contributed by atoms with Crippen LogP contribution >= 0.6 is 47.8 Å². The first-order chi connectivity index (χ1) is 9.72. The average Bonchev–Trinajstić information content (AvgIpc) is 2.46. The highest BCUT2D eigenvalue weighted by molar-refractivity contribution is 9.10. The summed E-state index contributed by atoms with van der Waals surface area (Å²) in [6.07, 6.45) is 7.75. The molecule has 1 nitrogen and oxygen atoms in total. The standard InChI is InChI=1S/C16H23Br3O/c1-2-3-4-5-6-7-8-20-16-13(11-17)9-15(19)10-14(16)12-18/h9-10H,2-8,11-12H2,1H3. The molecule has 0 aliphatic rings. The van der Waals surface area contributed by atoms with Crippen molar-refractivity contribution in [1.29, 1.82) is 0 Å². The van der Waals surface area contributed by atoms with Crippen molar-refractivity contribution in [3.63, 3.8) is 0 Å². The lowest BCUT2D eigenvalue weighted by Crippen LogP contribution is -2.02. The Hall–Kier alpha value is 0.460. The highest BCUT2D eigenvalue weighted by atomic mass is 79.9. The van der Waals surface area contributed by atoms with Gasteiger partial charge in [-0.2, -0.15) is 0 Å². The number of unbranched alkanes of at least 4 members (excludes halogenated alkanes) is 5. The summed E-state index contributed by atoms with van der Waals surface area (Å²) >= 11 is 10.6. The van der Waals surface area contributed by atoms with Crippen molar-refractivity contribution in [2.75, 3.05) is 6.61 Å². The number of hydrogen-bond acceptors (Lipinski definition) is 1. The lowest BCUT2D eigenvalue weighted by molar-refractivity contribution is 0.300. The van der Waals surface area contributed by atoms with Crippen molar-refractivity contribution in [3.8, 4) is 5.75 Å². The molecule has 0 amide bonds. The average molecular weight is 471 g/mol. The fourth-order valence-corrected chi connectivity index (χ4v) is 3.54. The van der Waals surface area contributed by atoms with Crippen LogP contribution in [0.4, 0.5) is 0 Å². The summed E-state index contributed by atoms with van der Waals surface area (Å²) in [5.74, 6) is 1.04. The van der Waals surface area contributed by atoms with E-state index in [1.807, 2.05) is 0 Å². The Morgan fingerprint density at radius 3 is 2.00 bits per heavy atom. The molecule has 0 unspecified atom stereocenters. The topological polar surface area (TPSA) is 9.23 Å². The largest absolute Gasteiger partial charge is 0.493 e. The van der Waals surface area contributed by atoms with Gasteiger partial charge in [-0.25, -0.2) is 0 Å². The molecule has 0 heterocycles. The number of alkyl halides is 2. The first-order valence-electron chi connectivity index (χ1n) is 7.29. The van der Waals surface area contributed by atoms with Crippen molar-refractivity contribution in [2.45, 2.75) is 56.1 Å². The van der Waals surface area contributed by atoms with Crippen LogP contribution in [0.1, 0.15) is 56.6 Å². The van der Waals surface area contributed by atoms with E-state index >= 15 is 0 Å². The van der Waals surface area contributed by atoms with E-state index in [0.29, 0.717) is 0 Å². The zero-order valence-electron chi connectivity index (χ0n) is 12.1. The molecule has 1 rings (SSSR count). The lowest BCUT2D eigenvalue weighted by atomic mass is 10.1. The summed E-state index contributed by atoms with van der Waals surface area (Å²) in [6, 6.07) is 4.25. The number of rotatable bonds is 10. The first-order valence-corrected chi connectivity index (χ1v) is 10.3. The minimum Gasteiger partial charge on any atom is -0.493 e. The molecule has 0 fully saturated rings. The van der Waals surface area contributed by atoms with E-state index in [1.165, 1.54) is 43.2 Å². The van der Waals surface area contributed by atoms with Gasteiger partial charge in [0.1, 0.15) is 5.75 Å². The molecule has 0 radical (unpaired) electrons. The summed E-state index contributed by atoms with van der Waals surface area (Å²) in [5, 5.41) is 1.64. The van der Waals surface area contributed by atoms with Crippen molar-refractivity contribution < 1.29 is 4.74 Å². The van der Waals surface area contributed by atoms with Gasteiger partial charge in [-0.3, -0.25) is 0 Å². The zero-order chi connectivity index (χ0) is 14.8. The highest BCUT2D eigenvalue weighted by Crippen LogP contribution is 2.32. The molecule has 0 bridgehead atoms. The Labute approximate surface area is 148 Å². The summed E-state index contributed by atoms with van der Waals surface area (Å²) in [6.45, 7) is 3.06. The van der Waals surface area contributed by atoms with E-state index in [9.17, 15) is 0 Å². The van der Waals surface area contributed by atoms with Gasteiger partial charge in [0.15, 0.2) is 0 Å². The van der Waals surface area contributed by atoms with Crippen molar-refractivity contribution in [2.24, 2.45) is 0 Å². The Bertz CT molecular complexity index is 368. The van der Waals surface area contributed by atoms with Crippen LogP contribution in [0.15, 0.2) is 16.6 Å². The maximum Gasteiger partial charge on any atom is 0.127 e. The molecule has 0 spiro atoms. The smallest absolute Gasteiger partial charge is 0.127 e. The van der Waals surface area contributed by atoms with Crippen LogP contribution < -0.4 is 4.74 Å². The molecule has 0 saturated carbocycles. The molecule has 4 heteroatoms. The second-order valence-electron chi connectivity index (χ2n) is 4.94. The summed E-state index contributed by atoms with van der Waals surface area (Å²) in [7, 11) is 0. The van der Waals surface area contributed by atoms with Gasteiger partial charge in [0.2, 0.25) is 0 Å². The van der Waals surface area contributed by atoms with E-state index in [-0.39, 0.29) is 0 Å². The van der Waals surface area contributed by atoms with Gasteiger partial charge >= 0.3 is 0 Å². The normalized spacial score (nSPS) is 10.8. The van der Waals surface area contributed by atoms with Gasteiger partial charge < -0.3 is 4.74 Å². The second-order valence-corrected chi connectivity index (χ2v) is 6.97. The molecule has 0 saturated heterocycles. The van der Waals surface area contributed by atoms with E-state index in [1.54, 1.807) is 0 Å². The zero-order valence-corrected chi connectivity index (χ0v) is 16.8. The van der Waals surface area contributed by atoms with Crippen molar-refractivity contribution in [3.05, 3.63) is 27.7 Å². The minimum atomic E-state index is 0.813. The van der Waals surface area contributed by atoms with Crippen LogP contribution in [0, 0.1) is 0 Å². The number of hydrogen-bond donors (Lipinski definition) is 0. The van der Waals surface area contributed by atoms with Crippen LogP contribution in [0.25, 0.3) is 0 Å². The third kappa shape index (κ3) is 6.48. The molecule has 0 N–H and O–H groups in total. The quantitative estimate of drug-likeness (QED) is 0.265. The fourth-order valence-electron chi connectivity index (χ4n) is 2.15. The van der Waals surface area contributed by atoms with Crippen LogP contribution in [0.3, 0.4) is 0 Å². The van der Waals surface area contributed by atoms with E-state index in [0.717, 1.165) is 33.9 Å². The Kier molecular flexibility index (Phi) is 10.3. The molecule has 1 aromatic carbocycles. The molecular formula is C16H23Br3O. The number of benzene rings is 1. The van der Waals surface area contributed by atoms with Gasteiger partial charge in [-0.1, -0.05) is 86.8 Å². The second kappa shape index (κ2) is 11.1. The van der Waals surface area contributed by atoms with Gasteiger partial charge in [0.05, 0.1) is 6.61 Å². The SMILES string of the molecule is CCCCCCCCOc1c(CBr)cc(Br)cc1CBr. The predicted molar refractivity (Wildman–Crippen MR) is 98.3 cm³/mol. The molecule has 20 heavy (non-hydrogen) atoms. The van der Waals surface area contributed by atoms with E-state index < -0.39 is 0 Å². The molecule has 1 aromatic rings. The van der Waals surface area contributed by atoms with E-state index in [4.69, 9.17) is 4.74 Å². The van der Waals surface area contributed by atoms with Crippen LogP contribution in [-0.4, -0.2) is 6.61 Å². The van der Waals surface area contributed by atoms with Crippen LogP contribution in [0.2, 0.25) is 0 Å². The monoisotopic (exact) mass is 468 g/mol. The summed E-state index contributed by atoms with van der Waals surface area (Å²) in [4.78, 5) is 0. The van der Waals surface area contributed by atoms with Gasteiger partial charge in [-0.15, -0.1) is 0 Å². The lowest BCUT2D eigenvalue weighted by Gasteiger charge is -2.14. The van der Waals surface area contributed by atoms with Crippen LogP contribution in [-0.2, 0) is 10.7 Å². The third-order valence-electron chi connectivity index (χ3n) is 3.24. The minimum absolute atomic E-state index is 0.813. The molecule has 0 atom stereocenters. The van der Waals surface area contributed by atoms with Gasteiger partial charge in [-0.05, 0) is 18.6 Å². The molecule has 0 aliphatic heterocycles. The van der Waals surface area contributed by atoms with Gasteiger partial charge in [0, 0.05) is 26.3 Å². The third-order valence-corrected chi connectivity index (χ3v) is 4.91. The maximum atomic E-state index is 6.03. The van der Waals surface area contributed by atoms with E-state index in [2.05, 4.69) is 66.8 Å². The maximum absolute atomic E-state index is 6.03. The first kappa shape index (κ1) is 18.5. The highest BCUT2D eigenvalue weighted by Gasteiger charge is 2.10. The Morgan fingerprint density at radius 2 is 1.45 bits per heavy atom. The number of halogens is 3. The molecular weight excluding hydrogens is 448 g/mol. The Morgan fingerprint density at radius 1 is 0.900 bits per heavy atom. The van der Waals surface area contributed by atoms with Crippen molar-refractivity contribution in [1.82, 2.24) is 0 Å². The number of ether oxygens (including phenoxy) is 1.